The van der Waals surface area contributed by atoms with Gasteiger partial charge in [-0.2, -0.15) is 9.97 Å². The molecule has 11 nitrogen and oxygen atoms in total. The summed E-state index contributed by atoms with van der Waals surface area (Å²) in [5.41, 5.74) is 1.12. The zero-order valence-electron chi connectivity index (χ0n) is 23.6. The lowest BCUT2D eigenvalue weighted by molar-refractivity contribution is 0.0990. The standard InChI is InChI=1S/C27H37N5O6Si/c1-17-15-20-21(39(6,7)14-13-36-20)16-19(17)38-22-10-9-18(37-22)24(33)29-23-25(34-4)30-27(31-26(23)35-5)28-11-8-12-32(2)3/h9-10,15-16H,8,11-14H2,1-7H3,(H,29,33)(H,28,30,31). The fraction of sp³-hybridized carbons (Fsp3) is 0.444. The summed E-state index contributed by atoms with van der Waals surface area (Å²) < 4.78 is 28.5. The largest absolute Gasteiger partial charge is 0.494 e. The molecular formula is C27H37N5O6Si. The molecule has 39 heavy (non-hydrogen) atoms. The van der Waals surface area contributed by atoms with Crippen LogP contribution in [0.3, 0.4) is 0 Å². The molecule has 0 saturated carbocycles. The van der Waals surface area contributed by atoms with Gasteiger partial charge in [-0.1, -0.05) is 13.1 Å². The molecule has 0 unspecified atom stereocenters. The number of nitrogens with zero attached hydrogens (tertiary/aromatic N) is 3. The van der Waals surface area contributed by atoms with Crippen LogP contribution in [0.1, 0.15) is 22.5 Å². The van der Waals surface area contributed by atoms with Crippen molar-refractivity contribution in [3.63, 3.8) is 0 Å². The molecule has 3 heterocycles. The lowest BCUT2D eigenvalue weighted by Gasteiger charge is -2.31. The number of anilines is 2. The van der Waals surface area contributed by atoms with Crippen molar-refractivity contribution < 1.29 is 28.2 Å². The molecule has 1 aliphatic heterocycles. The van der Waals surface area contributed by atoms with E-state index in [0.29, 0.717) is 18.2 Å². The Hall–Kier alpha value is -3.77. The van der Waals surface area contributed by atoms with Crippen molar-refractivity contribution in [2.75, 3.05) is 58.6 Å². The van der Waals surface area contributed by atoms with Crippen LogP contribution < -0.4 is 34.8 Å². The Bertz CT molecular complexity index is 1300. The number of nitrogens with one attached hydrogen (secondary N) is 2. The highest BCUT2D eigenvalue weighted by molar-refractivity contribution is 6.90. The van der Waals surface area contributed by atoms with Crippen molar-refractivity contribution >= 4 is 30.8 Å². The minimum atomic E-state index is -1.62. The predicted octanol–water partition coefficient (Wildman–Crippen LogP) is 4.11. The first-order chi connectivity index (χ1) is 18.6. The van der Waals surface area contributed by atoms with E-state index in [2.05, 4.69) is 38.6 Å². The number of ether oxygens (including phenoxy) is 4. The highest BCUT2D eigenvalue weighted by atomic mass is 28.3. The van der Waals surface area contributed by atoms with Gasteiger partial charge >= 0.3 is 0 Å². The molecule has 210 valence electrons. The number of hydrogen-bond acceptors (Lipinski definition) is 10. The van der Waals surface area contributed by atoms with Crippen LogP contribution in [0.15, 0.2) is 28.7 Å². The average molecular weight is 556 g/mol. The van der Waals surface area contributed by atoms with Gasteiger partial charge < -0.3 is 38.9 Å². The molecule has 1 amide bonds. The van der Waals surface area contributed by atoms with Gasteiger partial charge in [-0.05, 0) is 69.0 Å². The van der Waals surface area contributed by atoms with Crippen LogP contribution in [0.2, 0.25) is 19.1 Å². The molecule has 1 aromatic carbocycles. The molecule has 0 aliphatic carbocycles. The predicted molar refractivity (Wildman–Crippen MR) is 152 cm³/mol. The molecule has 0 radical (unpaired) electrons. The number of benzene rings is 1. The summed E-state index contributed by atoms with van der Waals surface area (Å²) in [5, 5.41) is 7.11. The second kappa shape index (κ2) is 12.0. The molecule has 2 aromatic heterocycles. The van der Waals surface area contributed by atoms with Gasteiger partial charge in [0.15, 0.2) is 11.4 Å². The van der Waals surface area contributed by atoms with Crippen LogP contribution >= 0.6 is 0 Å². The maximum atomic E-state index is 13.1. The minimum Gasteiger partial charge on any atom is -0.494 e. The first kappa shape index (κ1) is 28.2. The van der Waals surface area contributed by atoms with Gasteiger partial charge in [-0.25, -0.2) is 0 Å². The van der Waals surface area contributed by atoms with Crippen LogP contribution in [0, 0.1) is 6.92 Å². The van der Waals surface area contributed by atoms with E-state index in [-0.39, 0.29) is 29.2 Å². The van der Waals surface area contributed by atoms with Crippen molar-refractivity contribution in [2.45, 2.75) is 32.5 Å². The molecule has 0 atom stereocenters. The lowest BCUT2D eigenvalue weighted by Crippen LogP contribution is -2.46. The van der Waals surface area contributed by atoms with Crippen LogP contribution in [-0.2, 0) is 0 Å². The van der Waals surface area contributed by atoms with Crippen molar-refractivity contribution in [3.05, 3.63) is 35.6 Å². The van der Waals surface area contributed by atoms with E-state index in [1.54, 1.807) is 12.1 Å². The van der Waals surface area contributed by atoms with E-state index < -0.39 is 14.0 Å². The Balaban J connectivity index is 1.48. The summed E-state index contributed by atoms with van der Waals surface area (Å²) in [5.74, 6) is 1.99. The number of carbonyl (C=O) groups excluding carboxylic acids is 1. The number of furan rings is 1. The van der Waals surface area contributed by atoms with Gasteiger partial charge in [0.2, 0.25) is 17.7 Å². The summed E-state index contributed by atoms with van der Waals surface area (Å²) in [4.78, 5) is 23.9. The maximum absolute atomic E-state index is 13.1. The number of amides is 1. The maximum Gasteiger partial charge on any atom is 0.291 e. The third kappa shape index (κ3) is 6.63. The van der Waals surface area contributed by atoms with E-state index in [1.165, 1.54) is 19.4 Å². The highest BCUT2D eigenvalue weighted by Gasteiger charge is 2.32. The van der Waals surface area contributed by atoms with Crippen molar-refractivity contribution in [2.24, 2.45) is 0 Å². The second-order valence-electron chi connectivity index (χ2n) is 10.3. The third-order valence-corrected chi connectivity index (χ3v) is 9.84. The van der Waals surface area contributed by atoms with Gasteiger partial charge in [-0.3, -0.25) is 4.79 Å². The van der Waals surface area contributed by atoms with E-state index in [9.17, 15) is 4.79 Å². The van der Waals surface area contributed by atoms with Crippen LogP contribution in [-0.4, -0.2) is 76.9 Å². The second-order valence-corrected chi connectivity index (χ2v) is 15.1. The van der Waals surface area contributed by atoms with Gasteiger partial charge in [0.1, 0.15) is 11.5 Å². The number of hydrogen-bond donors (Lipinski definition) is 2. The summed E-state index contributed by atoms with van der Waals surface area (Å²) in [6, 6.07) is 8.26. The van der Waals surface area contributed by atoms with Gasteiger partial charge in [0.25, 0.3) is 11.9 Å². The van der Waals surface area contributed by atoms with Gasteiger partial charge in [0, 0.05) is 12.6 Å². The Labute approximate surface area is 229 Å². The molecule has 4 rings (SSSR count). The number of rotatable bonds is 11. The molecule has 0 saturated heterocycles. The summed E-state index contributed by atoms with van der Waals surface area (Å²) in [6.45, 7) is 8.94. The average Bonchev–Trinajstić information content (AvgIpc) is 3.36. The Morgan fingerprint density at radius 1 is 1.13 bits per heavy atom. The molecule has 3 aromatic rings. The molecule has 0 bridgehead atoms. The quantitative estimate of drug-likeness (QED) is 0.264. The van der Waals surface area contributed by atoms with E-state index in [0.717, 1.165) is 36.9 Å². The minimum absolute atomic E-state index is 0.0497. The number of methoxy groups -OCH3 is 2. The summed E-state index contributed by atoms with van der Waals surface area (Å²) in [7, 11) is 5.33. The van der Waals surface area contributed by atoms with E-state index in [1.807, 2.05) is 33.2 Å². The fourth-order valence-corrected chi connectivity index (χ4v) is 6.46. The fourth-order valence-electron chi connectivity index (χ4n) is 4.25. The molecule has 0 spiro atoms. The Morgan fingerprint density at radius 2 is 1.85 bits per heavy atom. The van der Waals surface area contributed by atoms with Crippen molar-refractivity contribution in [3.8, 4) is 29.2 Å². The number of carbonyl (C=O) groups is 1. The topological polar surface area (TPSA) is 120 Å². The number of aromatic nitrogens is 2. The van der Waals surface area contributed by atoms with E-state index in [4.69, 9.17) is 23.4 Å². The molecule has 1 aliphatic rings. The smallest absolute Gasteiger partial charge is 0.291 e. The Kier molecular flexibility index (Phi) is 8.65. The summed E-state index contributed by atoms with van der Waals surface area (Å²) in [6.07, 6.45) is 0.904. The van der Waals surface area contributed by atoms with Gasteiger partial charge in [-0.15, -0.1) is 0 Å². The molecule has 12 heteroatoms. The van der Waals surface area contributed by atoms with Crippen molar-refractivity contribution in [1.82, 2.24) is 14.9 Å². The SMILES string of the molecule is COc1nc(NCCCN(C)C)nc(OC)c1NC(=O)c1ccc(Oc2cc3c(cc2C)OCC[Si]3(C)C)o1. The first-order valence-corrected chi connectivity index (χ1v) is 16.1. The summed E-state index contributed by atoms with van der Waals surface area (Å²) >= 11 is 0. The lowest BCUT2D eigenvalue weighted by atomic mass is 10.2. The van der Waals surface area contributed by atoms with E-state index >= 15 is 0 Å². The zero-order chi connectivity index (χ0) is 28.2. The first-order valence-electron chi connectivity index (χ1n) is 12.9. The normalized spacial score (nSPS) is 13.8. The monoisotopic (exact) mass is 555 g/mol. The van der Waals surface area contributed by atoms with Gasteiger partial charge in [0.05, 0.1) is 28.9 Å². The Morgan fingerprint density at radius 3 is 2.51 bits per heavy atom. The number of aryl methyl sites for hydroxylation is 1. The highest BCUT2D eigenvalue weighted by Crippen LogP contribution is 2.35. The number of fused-ring (bicyclic) bond motifs is 1. The van der Waals surface area contributed by atoms with Crippen LogP contribution in [0.4, 0.5) is 11.6 Å². The molecule has 2 N–H and O–H groups in total. The van der Waals surface area contributed by atoms with Crippen LogP contribution in [0.5, 0.6) is 29.2 Å². The molecule has 0 fully saturated rings. The third-order valence-electron chi connectivity index (χ3n) is 6.54. The molecular weight excluding hydrogens is 518 g/mol. The zero-order valence-corrected chi connectivity index (χ0v) is 24.6. The van der Waals surface area contributed by atoms with Crippen molar-refractivity contribution in [1.29, 1.82) is 0 Å². The van der Waals surface area contributed by atoms with Crippen LogP contribution in [0.25, 0.3) is 0 Å².